The van der Waals surface area contributed by atoms with Gasteiger partial charge in [0.1, 0.15) is 12.7 Å². The molecule has 1 N–H and O–H groups in total. The van der Waals surface area contributed by atoms with Gasteiger partial charge in [-0.05, 0) is 56.2 Å². The highest BCUT2D eigenvalue weighted by Crippen LogP contribution is 2.22. The molecule has 1 aliphatic rings. The lowest BCUT2D eigenvalue weighted by molar-refractivity contribution is 0.161. The number of benzene rings is 1. The first-order chi connectivity index (χ1) is 12.0. The molecule has 1 aliphatic heterocycles. The number of hydrogen-bond acceptors (Lipinski definition) is 3. The van der Waals surface area contributed by atoms with Gasteiger partial charge in [-0.2, -0.15) is 5.10 Å². The summed E-state index contributed by atoms with van der Waals surface area (Å²) in [6.45, 7) is 8.75. The van der Waals surface area contributed by atoms with Gasteiger partial charge < -0.3 is 10.2 Å². The first kappa shape index (κ1) is 17.5. The van der Waals surface area contributed by atoms with Gasteiger partial charge in [0.2, 0.25) is 0 Å². The third kappa shape index (κ3) is 4.18. The second-order valence-electron chi connectivity index (χ2n) is 7.01. The minimum absolute atomic E-state index is 0.0141. The molecule has 2 aromatic rings. The van der Waals surface area contributed by atoms with Crippen molar-refractivity contribution in [3.8, 4) is 0 Å². The number of nitrogens with one attached hydrogen (secondary N) is 1. The number of hydrogen-bond donors (Lipinski definition) is 1. The Kier molecular flexibility index (Phi) is 5.36. The molecule has 25 heavy (non-hydrogen) atoms. The summed E-state index contributed by atoms with van der Waals surface area (Å²) in [4.78, 5) is 18.5. The van der Waals surface area contributed by atoms with E-state index in [2.05, 4.69) is 54.4 Å². The van der Waals surface area contributed by atoms with E-state index in [4.69, 9.17) is 0 Å². The summed E-state index contributed by atoms with van der Waals surface area (Å²) in [6, 6.07) is 6.30. The summed E-state index contributed by atoms with van der Waals surface area (Å²) < 4.78 is 1.88. The van der Waals surface area contributed by atoms with Crippen LogP contribution in [-0.4, -0.2) is 38.8 Å². The van der Waals surface area contributed by atoms with Gasteiger partial charge in [-0.1, -0.05) is 18.2 Å². The Labute approximate surface area is 149 Å². The maximum Gasteiger partial charge on any atom is 0.317 e. The fraction of sp³-hybridized carbons (Fsp3) is 0.526. The average molecular weight is 341 g/mol. The largest absolute Gasteiger partial charge is 0.331 e. The topological polar surface area (TPSA) is 63.1 Å². The van der Waals surface area contributed by atoms with E-state index in [1.807, 2.05) is 9.58 Å². The number of nitrogens with zero attached hydrogens (tertiary/aromatic N) is 4. The Bertz CT molecular complexity index is 705. The molecule has 2 heterocycles. The monoisotopic (exact) mass is 341 g/mol. The first-order valence-corrected chi connectivity index (χ1v) is 8.98. The van der Waals surface area contributed by atoms with Gasteiger partial charge in [0.05, 0.1) is 6.04 Å². The maximum atomic E-state index is 12.6. The van der Waals surface area contributed by atoms with Crippen LogP contribution >= 0.6 is 0 Å². The number of rotatable bonds is 4. The van der Waals surface area contributed by atoms with Crippen LogP contribution < -0.4 is 5.32 Å². The standard InChI is InChI=1S/C19H27N5O/c1-14-5-4-6-18(15(14)2)16(3)22-19(25)23-9-7-17(8-10-23)11-24-13-20-12-21-24/h4-6,12-13,16-17H,7-11H2,1-3H3,(H,22,25)/t16-/m0/s1. The number of aromatic nitrogens is 3. The van der Waals surface area contributed by atoms with E-state index in [9.17, 15) is 4.79 Å². The SMILES string of the molecule is Cc1cccc([C@H](C)NC(=O)N2CCC(Cn3cncn3)CC2)c1C. The Balaban J connectivity index is 1.51. The number of carbonyl (C=O) groups excluding carboxylic acids is 1. The molecule has 2 amide bonds. The highest BCUT2D eigenvalue weighted by atomic mass is 16.2. The van der Waals surface area contributed by atoms with Crippen LogP contribution in [0, 0.1) is 19.8 Å². The van der Waals surface area contributed by atoms with Gasteiger partial charge in [-0.15, -0.1) is 0 Å². The van der Waals surface area contributed by atoms with Crippen LogP contribution in [0.4, 0.5) is 4.79 Å². The summed E-state index contributed by atoms with van der Waals surface area (Å²) in [5, 5.41) is 7.32. The third-order valence-electron chi connectivity index (χ3n) is 5.27. The molecule has 1 aromatic heterocycles. The molecule has 134 valence electrons. The third-order valence-corrected chi connectivity index (χ3v) is 5.27. The minimum Gasteiger partial charge on any atom is -0.331 e. The van der Waals surface area contributed by atoms with Crippen LogP contribution in [0.25, 0.3) is 0 Å². The second-order valence-corrected chi connectivity index (χ2v) is 7.01. The fourth-order valence-electron chi connectivity index (χ4n) is 3.51. The molecule has 0 aliphatic carbocycles. The van der Waals surface area contributed by atoms with Gasteiger partial charge in [0.15, 0.2) is 0 Å². The van der Waals surface area contributed by atoms with Crippen LogP contribution in [0.1, 0.15) is 42.5 Å². The molecule has 3 rings (SSSR count). The molecule has 0 spiro atoms. The van der Waals surface area contributed by atoms with Gasteiger partial charge in [-0.25, -0.2) is 9.78 Å². The molecule has 0 unspecified atom stereocenters. The summed E-state index contributed by atoms with van der Waals surface area (Å²) in [6.07, 6.45) is 5.33. The zero-order valence-corrected chi connectivity index (χ0v) is 15.3. The molecule has 1 atom stereocenters. The highest BCUT2D eigenvalue weighted by Gasteiger charge is 2.24. The predicted molar refractivity (Wildman–Crippen MR) is 97.2 cm³/mol. The Morgan fingerprint density at radius 2 is 2.08 bits per heavy atom. The molecular formula is C19H27N5O. The van der Waals surface area contributed by atoms with E-state index in [0.717, 1.165) is 32.5 Å². The van der Waals surface area contributed by atoms with Crippen LogP contribution in [0.2, 0.25) is 0 Å². The van der Waals surface area contributed by atoms with E-state index in [1.54, 1.807) is 12.7 Å². The van der Waals surface area contributed by atoms with Crippen molar-refractivity contribution in [3.63, 3.8) is 0 Å². The van der Waals surface area contributed by atoms with Crippen LogP contribution in [0.3, 0.4) is 0 Å². The number of urea groups is 1. The number of piperidine rings is 1. The van der Waals surface area contributed by atoms with Crippen molar-refractivity contribution in [2.45, 2.75) is 46.2 Å². The second kappa shape index (κ2) is 7.68. The van der Waals surface area contributed by atoms with E-state index in [0.29, 0.717) is 5.92 Å². The quantitative estimate of drug-likeness (QED) is 0.929. The number of aryl methyl sites for hydroxylation is 1. The van der Waals surface area contributed by atoms with E-state index < -0.39 is 0 Å². The molecule has 0 radical (unpaired) electrons. The zero-order chi connectivity index (χ0) is 17.8. The molecule has 0 bridgehead atoms. The first-order valence-electron chi connectivity index (χ1n) is 8.98. The van der Waals surface area contributed by atoms with Crippen molar-refractivity contribution in [1.29, 1.82) is 0 Å². The van der Waals surface area contributed by atoms with Gasteiger partial charge >= 0.3 is 6.03 Å². The van der Waals surface area contributed by atoms with Gasteiger partial charge in [-0.3, -0.25) is 4.68 Å². The van der Waals surface area contributed by atoms with Crippen molar-refractivity contribution in [1.82, 2.24) is 25.0 Å². The number of carbonyl (C=O) groups is 1. The van der Waals surface area contributed by atoms with E-state index >= 15 is 0 Å². The molecule has 6 heteroatoms. The Morgan fingerprint density at radius 3 is 2.76 bits per heavy atom. The average Bonchev–Trinajstić information content (AvgIpc) is 3.11. The summed E-state index contributed by atoms with van der Waals surface area (Å²) in [7, 11) is 0. The van der Waals surface area contributed by atoms with Gasteiger partial charge in [0, 0.05) is 19.6 Å². The van der Waals surface area contributed by atoms with Crippen molar-refractivity contribution >= 4 is 6.03 Å². The summed E-state index contributed by atoms with van der Waals surface area (Å²) >= 11 is 0. The van der Waals surface area contributed by atoms with Crippen LogP contribution in [-0.2, 0) is 6.54 Å². The minimum atomic E-state index is 0.0141. The molecule has 1 fully saturated rings. The normalized spacial score (nSPS) is 16.7. The fourth-order valence-corrected chi connectivity index (χ4v) is 3.51. The zero-order valence-electron chi connectivity index (χ0n) is 15.3. The van der Waals surface area contributed by atoms with Crippen molar-refractivity contribution in [2.24, 2.45) is 5.92 Å². The Morgan fingerprint density at radius 1 is 1.32 bits per heavy atom. The smallest absolute Gasteiger partial charge is 0.317 e. The molecule has 0 saturated carbocycles. The molecule has 1 saturated heterocycles. The Hall–Kier alpha value is -2.37. The lowest BCUT2D eigenvalue weighted by atomic mass is 9.97. The van der Waals surface area contributed by atoms with E-state index in [1.165, 1.54) is 16.7 Å². The molecular weight excluding hydrogens is 314 g/mol. The highest BCUT2D eigenvalue weighted by molar-refractivity contribution is 5.74. The van der Waals surface area contributed by atoms with Crippen LogP contribution in [0.5, 0.6) is 0 Å². The number of likely N-dealkylation sites (tertiary alicyclic amines) is 1. The lowest BCUT2D eigenvalue weighted by Gasteiger charge is -2.33. The predicted octanol–water partition coefficient (Wildman–Crippen LogP) is 3.08. The molecule has 1 aromatic carbocycles. The van der Waals surface area contributed by atoms with Crippen molar-refractivity contribution < 1.29 is 4.79 Å². The van der Waals surface area contributed by atoms with E-state index in [-0.39, 0.29) is 12.1 Å². The summed E-state index contributed by atoms with van der Waals surface area (Å²) in [5.41, 5.74) is 3.70. The van der Waals surface area contributed by atoms with Crippen molar-refractivity contribution in [2.75, 3.05) is 13.1 Å². The molecule has 6 nitrogen and oxygen atoms in total. The van der Waals surface area contributed by atoms with Crippen molar-refractivity contribution in [3.05, 3.63) is 47.5 Å². The summed E-state index contributed by atoms with van der Waals surface area (Å²) in [5.74, 6) is 0.558. The van der Waals surface area contributed by atoms with Crippen LogP contribution in [0.15, 0.2) is 30.9 Å². The number of amides is 2. The lowest BCUT2D eigenvalue weighted by Crippen LogP contribution is -2.45. The maximum absolute atomic E-state index is 12.6. The van der Waals surface area contributed by atoms with Gasteiger partial charge in [0.25, 0.3) is 0 Å².